The van der Waals surface area contributed by atoms with Crippen LogP contribution in [0.15, 0.2) is 12.7 Å². The van der Waals surface area contributed by atoms with Crippen molar-refractivity contribution in [1.29, 1.82) is 0 Å². The summed E-state index contributed by atoms with van der Waals surface area (Å²) in [5, 5.41) is 7.48. The molecule has 0 atom stereocenters. The second-order valence-electron chi connectivity index (χ2n) is 5.17. The van der Waals surface area contributed by atoms with Crippen molar-refractivity contribution in [2.24, 2.45) is 5.92 Å². The van der Waals surface area contributed by atoms with Crippen LogP contribution in [0.25, 0.3) is 5.95 Å². The minimum absolute atomic E-state index is 0.150. The number of nitrogens with one attached hydrogen (secondary N) is 1. The molecule has 0 amide bonds. The normalized spacial score (nSPS) is 22.7. The van der Waals surface area contributed by atoms with Gasteiger partial charge in [-0.2, -0.15) is 24.7 Å². The summed E-state index contributed by atoms with van der Waals surface area (Å²) in [6, 6.07) is 0.397. The molecule has 1 aliphatic rings. The lowest BCUT2D eigenvalue weighted by atomic mass is 9.87. The molecule has 0 bridgehead atoms. The highest BCUT2D eigenvalue weighted by Gasteiger charge is 2.19. The van der Waals surface area contributed by atoms with E-state index in [4.69, 9.17) is 11.6 Å². The molecule has 0 aliphatic heterocycles. The summed E-state index contributed by atoms with van der Waals surface area (Å²) in [4.78, 5) is 16.4. The topological polar surface area (TPSA) is 81.4 Å². The minimum Gasteiger partial charge on any atom is -0.351 e. The van der Waals surface area contributed by atoms with Gasteiger partial charge < -0.3 is 5.32 Å². The quantitative estimate of drug-likeness (QED) is 0.933. The fourth-order valence-electron chi connectivity index (χ4n) is 2.41. The summed E-state index contributed by atoms with van der Waals surface area (Å²) in [5.74, 6) is 1.67. The lowest BCUT2D eigenvalue weighted by Crippen LogP contribution is -2.26. The number of halogens is 1. The molecule has 3 rings (SSSR count). The van der Waals surface area contributed by atoms with E-state index in [1.807, 2.05) is 0 Å². The Morgan fingerprint density at radius 2 is 2.00 bits per heavy atom. The third-order valence-corrected chi connectivity index (χ3v) is 3.74. The van der Waals surface area contributed by atoms with E-state index < -0.39 is 0 Å². The molecule has 0 saturated heterocycles. The highest BCUT2D eigenvalue weighted by molar-refractivity contribution is 6.28. The van der Waals surface area contributed by atoms with Gasteiger partial charge in [0.1, 0.15) is 12.7 Å². The minimum atomic E-state index is 0.150. The lowest BCUT2D eigenvalue weighted by molar-refractivity contribution is 0.360. The Kier molecular flexibility index (Phi) is 3.77. The molecule has 2 aromatic rings. The molecule has 7 nitrogen and oxygen atoms in total. The summed E-state index contributed by atoms with van der Waals surface area (Å²) in [6.07, 6.45) is 7.66. The van der Waals surface area contributed by atoms with Crippen LogP contribution in [-0.4, -0.2) is 35.8 Å². The van der Waals surface area contributed by atoms with Gasteiger partial charge in [-0.3, -0.25) is 0 Å². The van der Waals surface area contributed by atoms with Gasteiger partial charge in [0.25, 0.3) is 5.95 Å². The first-order valence-corrected chi connectivity index (χ1v) is 7.11. The largest absolute Gasteiger partial charge is 0.351 e. The van der Waals surface area contributed by atoms with Crippen molar-refractivity contribution in [3.63, 3.8) is 0 Å². The molecule has 8 heteroatoms. The Morgan fingerprint density at radius 1 is 1.20 bits per heavy atom. The molecule has 0 unspecified atom stereocenters. The van der Waals surface area contributed by atoms with E-state index in [9.17, 15) is 0 Å². The number of hydrogen-bond donors (Lipinski definition) is 1. The molecule has 20 heavy (non-hydrogen) atoms. The number of nitrogens with zero attached hydrogens (tertiary/aromatic N) is 6. The van der Waals surface area contributed by atoms with E-state index in [0.717, 1.165) is 18.8 Å². The standard InChI is InChI=1S/C12H16ClN7/c1-8-2-4-9(5-3-8)16-11-17-10(13)18-12(19-11)20-7-14-6-15-20/h6-9H,2-5H2,1H3,(H,16,17,18,19). The molecule has 0 spiro atoms. The van der Waals surface area contributed by atoms with Gasteiger partial charge in [0.05, 0.1) is 0 Å². The van der Waals surface area contributed by atoms with Crippen LogP contribution in [0.4, 0.5) is 5.95 Å². The summed E-state index contributed by atoms with van der Waals surface area (Å²) >= 11 is 5.94. The van der Waals surface area contributed by atoms with E-state index in [-0.39, 0.29) is 5.28 Å². The van der Waals surface area contributed by atoms with E-state index in [1.165, 1.54) is 30.2 Å². The van der Waals surface area contributed by atoms with Gasteiger partial charge in [0.2, 0.25) is 11.2 Å². The maximum absolute atomic E-state index is 5.94. The monoisotopic (exact) mass is 293 g/mol. The van der Waals surface area contributed by atoms with Crippen molar-refractivity contribution in [2.75, 3.05) is 5.32 Å². The Balaban J connectivity index is 1.76. The van der Waals surface area contributed by atoms with Crippen LogP contribution in [0.3, 0.4) is 0 Å². The molecule has 1 saturated carbocycles. The Labute approximate surface area is 121 Å². The second kappa shape index (κ2) is 5.70. The molecule has 2 heterocycles. The van der Waals surface area contributed by atoms with Crippen molar-refractivity contribution in [1.82, 2.24) is 29.7 Å². The highest BCUT2D eigenvalue weighted by atomic mass is 35.5. The van der Waals surface area contributed by atoms with Crippen LogP contribution in [0.1, 0.15) is 32.6 Å². The number of hydrogen-bond acceptors (Lipinski definition) is 6. The fourth-order valence-corrected chi connectivity index (χ4v) is 2.56. The van der Waals surface area contributed by atoms with Crippen LogP contribution < -0.4 is 5.32 Å². The smallest absolute Gasteiger partial charge is 0.258 e. The molecule has 1 N–H and O–H groups in total. The maximum Gasteiger partial charge on any atom is 0.258 e. The molecule has 2 aromatic heterocycles. The van der Waals surface area contributed by atoms with Crippen LogP contribution >= 0.6 is 11.6 Å². The van der Waals surface area contributed by atoms with Crippen LogP contribution in [0, 0.1) is 5.92 Å². The highest BCUT2D eigenvalue weighted by Crippen LogP contribution is 2.25. The molecule has 1 aliphatic carbocycles. The summed E-state index contributed by atoms with van der Waals surface area (Å²) in [7, 11) is 0. The molecule has 106 valence electrons. The van der Waals surface area contributed by atoms with Gasteiger partial charge >= 0.3 is 0 Å². The number of rotatable bonds is 3. The van der Waals surface area contributed by atoms with Crippen LogP contribution in [-0.2, 0) is 0 Å². The first-order valence-electron chi connectivity index (χ1n) is 6.74. The molecule has 0 aromatic carbocycles. The summed E-state index contributed by atoms with van der Waals surface area (Å²) in [6.45, 7) is 2.29. The van der Waals surface area contributed by atoms with Gasteiger partial charge in [-0.05, 0) is 43.2 Å². The Morgan fingerprint density at radius 3 is 2.70 bits per heavy atom. The van der Waals surface area contributed by atoms with Crippen molar-refractivity contribution >= 4 is 17.5 Å². The Bertz CT molecular complexity index is 563. The second-order valence-corrected chi connectivity index (χ2v) is 5.51. The molecular formula is C12H16ClN7. The first-order chi connectivity index (χ1) is 9.70. The number of anilines is 1. The predicted octanol–water partition coefficient (Wildman–Crippen LogP) is 2.10. The van der Waals surface area contributed by atoms with Crippen molar-refractivity contribution in [3.05, 3.63) is 17.9 Å². The zero-order valence-electron chi connectivity index (χ0n) is 11.2. The third-order valence-electron chi connectivity index (χ3n) is 3.57. The van der Waals surface area contributed by atoms with Crippen LogP contribution in [0.5, 0.6) is 0 Å². The van der Waals surface area contributed by atoms with Crippen molar-refractivity contribution in [2.45, 2.75) is 38.6 Å². The number of aromatic nitrogens is 6. The first kappa shape index (κ1) is 13.2. The fraction of sp³-hybridized carbons (Fsp3) is 0.583. The van der Waals surface area contributed by atoms with Gasteiger partial charge in [0, 0.05) is 6.04 Å². The summed E-state index contributed by atoms with van der Waals surface area (Å²) in [5.41, 5.74) is 0. The van der Waals surface area contributed by atoms with E-state index >= 15 is 0 Å². The Hall–Kier alpha value is -1.76. The van der Waals surface area contributed by atoms with Gasteiger partial charge in [-0.25, -0.2) is 4.98 Å². The van der Waals surface area contributed by atoms with Crippen LogP contribution in [0.2, 0.25) is 5.28 Å². The van der Waals surface area contributed by atoms with Gasteiger partial charge in [0.15, 0.2) is 0 Å². The summed E-state index contributed by atoms with van der Waals surface area (Å²) < 4.78 is 1.46. The third kappa shape index (κ3) is 3.04. The van der Waals surface area contributed by atoms with E-state index in [0.29, 0.717) is 17.9 Å². The van der Waals surface area contributed by atoms with E-state index in [2.05, 4.69) is 37.3 Å². The van der Waals surface area contributed by atoms with Crippen molar-refractivity contribution in [3.8, 4) is 5.95 Å². The average Bonchev–Trinajstić information content (AvgIpc) is 2.95. The molecule has 0 radical (unpaired) electrons. The van der Waals surface area contributed by atoms with Gasteiger partial charge in [-0.1, -0.05) is 6.92 Å². The molecular weight excluding hydrogens is 278 g/mol. The average molecular weight is 294 g/mol. The maximum atomic E-state index is 5.94. The predicted molar refractivity (Wildman–Crippen MR) is 74.8 cm³/mol. The lowest BCUT2D eigenvalue weighted by Gasteiger charge is -2.26. The zero-order valence-corrected chi connectivity index (χ0v) is 12.0. The zero-order chi connectivity index (χ0) is 13.9. The van der Waals surface area contributed by atoms with Crippen molar-refractivity contribution < 1.29 is 0 Å². The SMILES string of the molecule is CC1CCC(Nc2nc(Cl)nc(-n3cncn3)n2)CC1. The van der Waals surface area contributed by atoms with Gasteiger partial charge in [-0.15, -0.1) is 0 Å². The molecule has 1 fully saturated rings. The van der Waals surface area contributed by atoms with E-state index in [1.54, 1.807) is 0 Å².